The SMILES string of the molecule is CO.CO. The maximum Gasteiger partial charge on any atom is 0.0319 e. The van der Waals surface area contributed by atoms with E-state index in [1.54, 1.807) is 0 Å². The summed E-state index contributed by atoms with van der Waals surface area (Å²) >= 11 is 0. The Morgan fingerprint density at radius 3 is 0.750 bits per heavy atom. The molecule has 0 aliphatic carbocycles. The predicted octanol–water partition coefficient (Wildman–Crippen LogP) is -0.783. The maximum atomic E-state index is 7.00. The number of hydrogen-bond acceptors (Lipinski definition) is 2. The summed E-state index contributed by atoms with van der Waals surface area (Å²) in [4.78, 5) is 0. The Balaban J connectivity index is 0. The van der Waals surface area contributed by atoms with E-state index in [-0.39, 0.29) is 0 Å². The van der Waals surface area contributed by atoms with Gasteiger partial charge >= 0.3 is 0 Å². The molecule has 0 aromatic heterocycles. The molecule has 0 spiro atoms. The number of aliphatic hydroxyl groups excluding tert-OH is 2. The van der Waals surface area contributed by atoms with Crippen molar-refractivity contribution in [3.05, 3.63) is 0 Å². The molecule has 0 atom stereocenters. The van der Waals surface area contributed by atoms with Crippen molar-refractivity contribution in [1.29, 1.82) is 0 Å². The van der Waals surface area contributed by atoms with Gasteiger partial charge in [0.05, 0.1) is 0 Å². The van der Waals surface area contributed by atoms with Crippen molar-refractivity contribution in [1.82, 2.24) is 0 Å². The van der Waals surface area contributed by atoms with E-state index < -0.39 is 0 Å². The number of rotatable bonds is 0. The van der Waals surface area contributed by atoms with Gasteiger partial charge in [-0.3, -0.25) is 0 Å². The zero-order valence-electron chi connectivity index (χ0n) is 2.89. The zero-order valence-corrected chi connectivity index (χ0v) is 2.89. The van der Waals surface area contributed by atoms with E-state index in [1.165, 1.54) is 0 Å². The van der Waals surface area contributed by atoms with Crippen LogP contribution in [-0.2, 0) is 0 Å². The van der Waals surface area contributed by atoms with Crippen LogP contribution in [0.3, 0.4) is 0 Å². The van der Waals surface area contributed by atoms with Crippen LogP contribution in [0, 0.1) is 0 Å². The first-order valence-corrected chi connectivity index (χ1v) is 0.894. The molecule has 0 aliphatic heterocycles. The van der Waals surface area contributed by atoms with Crippen LogP contribution >= 0.6 is 0 Å². The molecule has 0 fully saturated rings. The molecule has 0 heterocycles. The molecule has 2 nitrogen and oxygen atoms in total. The highest BCUT2D eigenvalue weighted by Crippen LogP contribution is 0.757. The van der Waals surface area contributed by atoms with Gasteiger partial charge in [-0.1, -0.05) is 0 Å². The van der Waals surface area contributed by atoms with Gasteiger partial charge < -0.3 is 10.2 Å². The van der Waals surface area contributed by atoms with Gasteiger partial charge in [-0.2, -0.15) is 0 Å². The molecule has 0 unspecified atom stereocenters. The highest BCUT2D eigenvalue weighted by Gasteiger charge is 0.841. The van der Waals surface area contributed by atoms with E-state index in [0.29, 0.717) is 0 Å². The Bertz CT molecular complexity index is 4.00. The minimum absolute atomic E-state index is 1.00. The lowest BCUT2D eigenvalue weighted by molar-refractivity contribution is 0.399. The van der Waals surface area contributed by atoms with Crippen LogP contribution in [0.25, 0.3) is 0 Å². The predicted molar refractivity (Wildman–Crippen MR) is 16.3 cm³/mol. The van der Waals surface area contributed by atoms with Crippen molar-refractivity contribution < 1.29 is 10.2 Å². The molecule has 2 heteroatoms. The summed E-state index contributed by atoms with van der Waals surface area (Å²) in [5.41, 5.74) is 0. The second-order valence-electron chi connectivity index (χ2n) is 0. The Morgan fingerprint density at radius 1 is 0.750 bits per heavy atom. The van der Waals surface area contributed by atoms with Gasteiger partial charge in [-0.25, -0.2) is 0 Å². The van der Waals surface area contributed by atoms with Crippen LogP contribution < -0.4 is 0 Å². The largest absolute Gasteiger partial charge is 0.400 e. The van der Waals surface area contributed by atoms with Gasteiger partial charge in [-0.05, 0) is 0 Å². The third-order valence-electron chi connectivity index (χ3n) is 0. The van der Waals surface area contributed by atoms with Gasteiger partial charge in [0.2, 0.25) is 0 Å². The third-order valence-corrected chi connectivity index (χ3v) is 0. The van der Waals surface area contributed by atoms with Gasteiger partial charge in [-0.15, -0.1) is 0 Å². The molecule has 0 aliphatic rings. The van der Waals surface area contributed by atoms with Crippen LogP contribution in [-0.4, -0.2) is 24.4 Å². The van der Waals surface area contributed by atoms with Crippen molar-refractivity contribution >= 4 is 0 Å². The molecule has 0 aromatic carbocycles. The van der Waals surface area contributed by atoms with E-state index in [4.69, 9.17) is 10.2 Å². The van der Waals surface area contributed by atoms with E-state index >= 15 is 0 Å². The lowest BCUT2D eigenvalue weighted by atomic mass is 11.8. The fourth-order valence-electron chi connectivity index (χ4n) is 0. The van der Waals surface area contributed by atoms with Crippen molar-refractivity contribution in [2.45, 2.75) is 0 Å². The summed E-state index contributed by atoms with van der Waals surface area (Å²) in [6.45, 7) is 0. The summed E-state index contributed by atoms with van der Waals surface area (Å²) < 4.78 is 0. The Morgan fingerprint density at radius 2 is 0.750 bits per heavy atom. The van der Waals surface area contributed by atoms with Gasteiger partial charge in [0, 0.05) is 14.2 Å². The minimum atomic E-state index is 1.00. The van der Waals surface area contributed by atoms with Crippen LogP contribution in [0.15, 0.2) is 0 Å². The second-order valence-corrected chi connectivity index (χ2v) is 0. The van der Waals surface area contributed by atoms with Crippen LogP contribution in [0.4, 0.5) is 0 Å². The first-order valence-electron chi connectivity index (χ1n) is 0.894. The average Bonchev–Trinajstić information content (AvgIpc) is 1.50. The quantitative estimate of drug-likeness (QED) is 0.388. The number of hydrogen-bond donors (Lipinski definition) is 2. The highest BCUT2D eigenvalue weighted by molar-refractivity contribution is 3.18. The van der Waals surface area contributed by atoms with E-state index in [1.807, 2.05) is 0 Å². The van der Waals surface area contributed by atoms with Crippen LogP contribution in [0.5, 0.6) is 0 Å². The normalized spacial score (nSPS) is 3.00. The summed E-state index contributed by atoms with van der Waals surface area (Å²) in [6, 6.07) is 0. The van der Waals surface area contributed by atoms with Crippen molar-refractivity contribution in [3.8, 4) is 0 Å². The Labute approximate surface area is 25.7 Å². The molecule has 0 bridgehead atoms. The molecular weight excluding hydrogens is 56.0 g/mol. The smallest absolute Gasteiger partial charge is 0.0319 e. The first kappa shape index (κ1) is 9.07. The van der Waals surface area contributed by atoms with Crippen LogP contribution in [0.2, 0.25) is 0 Å². The lowest BCUT2D eigenvalue weighted by Gasteiger charge is -1.21. The average molecular weight is 64.1 g/mol. The minimum Gasteiger partial charge on any atom is -0.400 e. The molecule has 0 aromatic rings. The summed E-state index contributed by atoms with van der Waals surface area (Å²) in [7, 11) is 2.00. The van der Waals surface area contributed by atoms with Gasteiger partial charge in [0.25, 0.3) is 0 Å². The molecule has 0 rings (SSSR count). The van der Waals surface area contributed by atoms with Crippen molar-refractivity contribution in [2.24, 2.45) is 0 Å². The van der Waals surface area contributed by atoms with E-state index in [2.05, 4.69) is 0 Å². The molecule has 0 saturated carbocycles. The summed E-state index contributed by atoms with van der Waals surface area (Å²) in [6.07, 6.45) is 0. The van der Waals surface area contributed by atoms with Crippen molar-refractivity contribution in [2.75, 3.05) is 14.2 Å². The second kappa shape index (κ2) is 1680. The topological polar surface area (TPSA) is 40.5 Å². The van der Waals surface area contributed by atoms with Crippen LogP contribution in [0.1, 0.15) is 0 Å². The number of aliphatic hydroxyl groups is 2. The van der Waals surface area contributed by atoms with Gasteiger partial charge in [0.15, 0.2) is 0 Å². The summed E-state index contributed by atoms with van der Waals surface area (Å²) in [5, 5.41) is 14.0. The first-order chi connectivity index (χ1) is 2.00. The third kappa shape index (κ3) is 254. The van der Waals surface area contributed by atoms with Crippen molar-refractivity contribution in [3.63, 3.8) is 0 Å². The maximum absolute atomic E-state index is 7.00. The molecule has 28 valence electrons. The molecule has 0 saturated heterocycles. The highest BCUT2D eigenvalue weighted by atomic mass is 16.2. The molecule has 2 N–H and O–H groups in total. The summed E-state index contributed by atoms with van der Waals surface area (Å²) in [5.74, 6) is 0. The molecule has 0 amide bonds. The fourth-order valence-corrected chi connectivity index (χ4v) is 0. The molecule has 0 radical (unpaired) electrons. The Hall–Kier alpha value is -0.0800. The standard InChI is InChI=1S/2CH4O/c2*1-2/h2*2H,1H3. The molecular formula is C2H8O2. The van der Waals surface area contributed by atoms with E-state index in [9.17, 15) is 0 Å². The van der Waals surface area contributed by atoms with Gasteiger partial charge in [0.1, 0.15) is 0 Å². The molecule has 4 heavy (non-hydrogen) atoms. The zero-order chi connectivity index (χ0) is 4.00. The monoisotopic (exact) mass is 64.1 g/mol. The Kier molecular flexibility index (Phi) is 3810. The fraction of sp³-hybridized carbons (Fsp3) is 1.00. The lowest BCUT2D eigenvalue weighted by Crippen LogP contribution is -1.25. The van der Waals surface area contributed by atoms with E-state index in [0.717, 1.165) is 14.2 Å².